The Morgan fingerprint density at radius 2 is 1.86 bits per heavy atom. The highest BCUT2D eigenvalue weighted by molar-refractivity contribution is 7.22. The maximum absolute atomic E-state index is 13.3. The number of carbonyl (C=O) groups excluding carboxylic acids is 2. The number of para-hydroxylation sites is 1. The first-order chi connectivity index (χ1) is 16.9. The van der Waals surface area contributed by atoms with E-state index < -0.39 is 23.5 Å². The van der Waals surface area contributed by atoms with Crippen molar-refractivity contribution in [1.29, 1.82) is 0 Å². The topological polar surface area (TPSA) is 102 Å². The molecule has 5 rings (SSSR count). The highest BCUT2D eigenvalue weighted by Crippen LogP contribution is 2.48. The fraction of sp³-hybridized carbons (Fsp3) is 0.125. The normalized spacial score (nSPS) is 17.4. The summed E-state index contributed by atoms with van der Waals surface area (Å²) in [5, 5.41) is 11.8. The maximum atomic E-state index is 13.3. The number of fused-ring (bicyclic) bond motifs is 1. The van der Waals surface area contributed by atoms with Crippen LogP contribution in [0.1, 0.15) is 17.4 Å². The van der Waals surface area contributed by atoms with Gasteiger partial charge in [0.15, 0.2) is 16.6 Å². The van der Waals surface area contributed by atoms with Crippen LogP contribution in [-0.2, 0) is 9.59 Å². The van der Waals surface area contributed by atoms with Crippen LogP contribution in [0, 0.1) is 0 Å². The first-order valence-corrected chi connectivity index (χ1v) is 11.7. The molecular weight excluding hydrogens is 515 g/mol. The number of aromatic nitrogens is 1. The van der Waals surface area contributed by atoms with E-state index in [1.54, 1.807) is 18.2 Å². The first-order valence-electron chi connectivity index (χ1n) is 10.2. The average molecular weight is 531 g/mol. The Morgan fingerprint density at radius 3 is 2.51 bits per heavy atom. The van der Waals surface area contributed by atoms with E-state index >= 15 is 0 Å². The van der Waals surface area contributed by atoms with Crippen LogP contribution in [-0.4, -0.2) is 36.0 Å². The Labute approximate surface area is 212 Å². The van der Waals surface area contributed by atoms with Crippen molar-refractivity contribution in [2.45, 2.75) is 6.04 Å². The Morgan fingerprint density at radius 1 is 1.11 bits per heavy atom. The van der Waals surface area contributed by atoms with Gasteiger partial charge < -0.3 is 19.0 Å². The minimum atomic E-state index is -1.09. The zero-order chi connectivity index (χ0) is 24.9. The number of thiazole rings is 1. The molecule has 8 nitrogen and oxygen atoms in total. The van der Waals surface area contributed by atoms with Crippen molar-refractivity contribution in [2.24, 2.45) is 0 Å². The van der Waals surface area contributed by atoms with Crippen LogP contribution in [0.2, 0.25) is 10.0 Å². The van der Waals surface area contributed by atoms with Gasteiger partial charge in [-0.1, -0.05) is 46.7 Å². The fourth-order valence-corrected chi connectivity index (χ4v) is 5.68. The van der Waals surface area contributed by atoms with E-state index in [2.05, 4.69) is 4.98 Å². The number of methoxy groups -OCH3 is 2. The Kier molecular flexibility index (Phi) is 5.92. The van der Waals surface area contributed by atoms with Crippen LogP contribution in [0.15, 0.2) is 58.7 Å². The van der Waals surface area contributed by atoms with Crippen LogP contribution in [0.25, 0.3) is 16.0 Å². The number of Topliss-reactive ketones (excluding diaryl/α,β-unsaturated/α-hetero) is 1. The molecule has 3 heterocycles. The number of aliphatic hydroxyl groups excluding tert-OH is 1. The second kappa shape index (κ2) is 8.92. The standard InChI is InChI=1S/C24H16Cl2N2O6S/c1-32-21-11(10-12(25)22(33-2)17(21)26)19(29)16-18(14-7-5-9-34-14)28(23(31)20(16)30)24-27-13-6-3-4-8-15(13)35-24/h3-10,18,29H,1-2H3/b19-16+. The summed E-state index contributed by atoms with van der Waals surface area (Å²) in [6, 6.07) is 10.8. The number of nitrogens with zero attached hydrogens (tertiary/aromatic N) is 2. The number of hydrogen-bond donors (Lipinski definition) is 1. The Hall–Kier alpha value is -3.53. The number of carbonyl (C=O) groups is 2. The van der Waals surface area contributed by atoms with Gasteiger partial charge in [-0.05, 0) is 30.3 Å². The monoisotopic (exact) mass is 530 g/mol. The molecule has 178 valence electrons. The number of benzene rings is 2. The summed E-state index contributed by atoms with van der Waals surface area (Å²) >= 11 is 13.9. The van der Waals surface area contributed by atoms with E-state index in [-0.39, 0.29) is 43.6 Å². The number of ether oxygens (including phenoxy) is 2. The SMILES string of the molecule is COc1c(Cl)cc(/C(O)=C2\C(=O)C(=O)N(c3nc4ccccc4s3)C2c2ccco2)c(OC)c1Cl. The van der Waals surface area contributed by atoms with Gasteiger partial charge in [0.25, 0.3) is 5.78 Å². The summed E-state index contributed by atoms with van der Waals surface area (Å²) in [5.41, 5.74) is 0.463. The lowest BCUT2D eigenvalue weighted by Gasteiger charge is -2.21. The predicted octanol–water partition coefficient (Wildman–Crippen LogP) is 5.84. The fourth-order valence-electron chi connectivity index (χ4n) is 4.00. The molecule has 1 aliphatic rings. The number of ketones is 1. The van der Waals surface area contributed by atoms with E-state index in [9.17, 15) is 14.7 Å². The van der Waals surface area contributed by atoms with Crippen molar-refractivity contribution in [3.8, 4) is 11.5 Å². The number of aliphatic hydroxyl groups is 1. The van der Waals surface area contributed by atoms with Crippen molar-refractivity contribution in [2.75, 3.05) is 19.1 Å². The van der Waals surface area contributed by atoms with Crippen LogP contribution in [0.5, 0.6) is 11.5 Å². The minimum absolute atomic E-state index is 0.000926. The molecular formula is C24H16Cl2N2O6S. The molecule has 11 heteroatoms. The van der Waals surface area contributed by atoms with Gasteiger partial charge in [0, 0.05) is 0 Å². The summed E-state index contributed by atoms with van der Waals surface area (Å²) in [4.78, 5) is 32.3. The molecule has 1 aliphatic heterocycles. The molecule has 4 aromatic rings. The number of amides is 1. The summed E-state index contributed by atoms with van der Waals surface area (Å²) in [7, 11) is 2.72. The quantitative estimate of drug-likeness (QED) is 0.196. The van der Waals surface area contributed by atoms with Gasteiger partial charge in [-0.15, -0.1) is 0 Å². The second-order valence-electron chi connectivity index (χ2n) is 7.44. The van der Waals surface area contributed by atoms with E-state index in [1.165, 1.54) is 42.8 Å². The second-order valence-corrected chi connectivity index (χ2v) is 9.23. The van der Waals surface area contributed by atoms with Gasteiger partial charge in [-0.25, -0.2) is 4.98 Å². The third kappa shape index (κ3) is 3.63. The molecule has 35 heavy (non-hydrogen) atoms. The Bertz CT molecular complexity index is 1480. The minimum Gasteiger partial charge on any atom is -0.507 e. The molecule has 2 aromatic heterocycles. The van der Waals surface area contributed by atoms with E-state index in [4.69, 9.17) is 37.1 Å². The van der Waals surface area contributed by atoms with Crippen LogP contribution in [0.3, 0.4) is 0 Å². The lowest BCUT2D eigenvalue weighted by Crippen LogP contribution is -2.29. The third-order valence-electron chi connectivity index (χ3n) is 5.54. The largest absolute Gasteiger partial charge is 0.507 e. The number of rotatable bonds is 5. The lowest BCUT2D eigenvalue weighted by atomic mass is 9.98. The zero-order valence-corrected chi connectivity index (χ0v) is 20.6. The predicted molar refractivity (Wildman–Crippen MR) is 133 cm³/mol. The van der Waals surface area contributed by atoms with E-state index in [0.717, 1.165) is 4.70 Å². The van der Waals surface area contributed by atoms with Gasteiger partial charge in [0.1, 0.15) is 22.6 Å². The number of halogens is 2. The number of anilines is 1. The molecule has 2 aromatic carbocycles. The van der Waals surface area contributed by atoms with Gasteiger partial charge in [0.2, 0.25) is 0 Å². The molecule has 0 bridgehead atoms. The first kappa shape index (κ1) is 23.2. The molecule has 1 N–H and O–H groups in total. The van der Waals surface area contributed by atoms with Crippen molar-refractivity contribution in [3.05, 3.63) is 75.7 Å². The van der Waals surface area contributed by atoms with Crippen LogP contribution in [0.4, 0.5) is 5.13 Å². The van der Waals surface area contributed by atoms with Crippen molar-refractivity contribution in [1.82, 2.24) is 4.98 Å². The molecule has 1 fully saturated rings. The maximum Gasteiger partial charge on any atom is 0.302 e. The van der Waals surface area contributed by atoms with Crippen molar-refractivity contribution in [3.63, 3.8) is 0 Å². The number of hydrogen-bond acceptors (Lipinski definition) is 8. The van der Waals surface area contributed by atoms with Gasteiger partial charge in [0.05, 0.1) is 46.9 Å². The van der Waals surface area contributed by atoms with E-state index in [0.29, 0.717) is 5.52 Å². The number of furan rings is 1. The lowest BCUT2D eigenvalue weighted by molar-refractivity contribution is -0.132. The summed E-state index contributed by atoms with van der Waals surface area (Å²) in [6.07, 6.45) is 1.41. The molecule has 1 unspecified atom stereocenters. The third-order valence-corrected chi connectivity index (χ3v) is 7.20. The molecule has 0 saturated carbocycles. The van der Waals surface area contributed by atoms with Crippen molar-refractivity contribution >= 4 is 67.3 Å². The van der Waals surface area contributed by atoms with Crippen LogP contribution >= 0.6 is 34.5 Å². The van der Waals surface area contributed by atoms with E-state index in [1.807, 2.05) is 18.2 Å². The summed E-state index contributed by atoms with van der Waals surface area (Å²) in [6.45, 7) is 0. The van der Waals surface area contributed by atoms with Gasteiger partial charge >= 0.3 is 5.91 Å². The average Bonchev–Trinajstić information content (AvgIpc) is 3.57. The molecule has 1 amide bonds. The molecule has 0 aliphatic carbocycles. The van der Waals surface area contributed by atoms with Crippen molar-refractivity contribution < 1.29 is 28.6 Å². The summed E-state index contributed by atoms with van der Waals surface area (Å²) < 4.78 is 17.0. The molecule has 1 atom stereocenters. The molecule has 0 radical (unpaired) electrons. The van der Waals surface area contributed by atoms with Gasteiger partial charge in [-0.2, -0.15) is 0 Å². The highest BCUT2D eigenvalue weighted by Gasteiger charge is 2.50. The molecule has 1 saturated heterocycles. The molecule has 0 spiro atoms. The zero-order valence-electron chi connectivity index (χ0n) is 18.2. The van der Waals surface area contributed by atoms with Crippen LogP contribution < -0.4 is 14.4 Å². The Balaban J connectivity index is 1.76. The smallest absolute Gasteiger partial charge is 0.302 e. The van der Waals surface area contributed by atoms with Gasteiger partial charge in [-0.3, -0.25) is 14.5 Å². The highest BCUT2D eigenvalue weighted by atomic mass is 35.5. The summed E-state index contributed by atoms with van der Waals surface area (Å²) in [5.74, 6) is -1.90.